The van der Waals surface area contributed by atoms with Gasteiger partial charge in [-0.15, -0.1) is 0 Å². The fraction of sp³-hybridized carbons (Fsp3) is 0.462. The highest BCUT2D eigenvalue weighted by molar-refractivity contribution is 5.50. The first kappa shape index (κ1) is 11.8. The Morgan fingerprint density at radius 1 is 1.07 bits per heavy atom. The minimum Gasteiger partial charge on any atom is -0.349 e. The molecule has 0 saturated heterocycles. The van der Waals surface area contributed by atoms with Gasteiger partial charge in [-0.2, -0.15) is 0 Å². The first-order valence-electron chi connectivity index (χ1n) is 5.19. The monoisotopic (exact) mass is 205 g/mol. The Kier molecular flexibility index (Phi) is 3.18. The smallest absolute Gasteiger partial charge is 0.207 e. The summed E-state index contributed by atoms with van der Waals surface area (Å²) in [5, 5.41) is 2.93. The normalized spacial score (nSPS) is 15.5. The Morgan fingerprint density at radius 3 is 2.00 bits per heavy atom. The van der Waals surface area contributed by atoms with E-state index in [4.69, 9.17) is 0 Å². The summed E-state index contributed by atoms with van der Waals surface area (Å²) in [5.41, 5.74) is 0.759. The molecule has 1 atom stereocenters. The lowest BCUT2D eigenvalue weighted by Crippen LogP contribution is -2.49. The van der Waals surface area contributed by atoms with Crippen LogP contribution in [0.1, 0.15) is 33.3 Å². The summed E-state index contributed by atoms with van der Waals surface area (Å²) in [6.45, 7) is 8.42. The molecule has 1 unspecified atom stereocenters. The van der Waals surface area contributed by atoms with Gasteiger partial charge in [0.2, 0.25) is 6.41 Å². The van der Waals surface area contributed by atoms with Gasteiger partial charge in [0.15, 0.2) is 0 Å². The molecule has 1 N–H and O–H groups in total. The maximum Gasteiger partial charge on any atom is 0.207 e. The molecule has 0 fully saturated rings. The SMILES string of the molecule is CC(C)(C)C(C)(NC=O)c1ccccc1. The standard InChI is InChI=1S/C13H19NO/c1-12(2,3)13(4,14-10-15)11-8-6-5-7-9-11/h5-10H,1-4H3,(H,14,15). The first-order chi connectivity index (χ1) is 6.92. The lowest BCUT2D eigenvalue weighted by Gasteiger charge is -2.42. The molecule has 0 heterocycles. The van der Waals surface area contributed by atoms with Gasteiger partial charge in [0.25, 0.3) is 0 Å². The van der Waals surface area contributed by atoms with E-state index in [1.54, 1.807) is 0 Å². The molecule has 0 radical (unpaired) electrons. The molecular formula is C13H19NO. The van der Waals surface area contributed by atoms with Crippen LogP contribution in [0.3, 0.4) is 0 Å². The quantitative estimate of drug-likeness (QED) is 0.755. The van der Waals surface area contributed by atoms with Crippen molar-refractivity contribution in [2.45, 2.75) is 33.2 Å². The van der Waals surface area contributed by atoms with Gasteiger partial charge in [-0.25, -0.2) is 0 Å². The topological polar surface area (TPSA) is 29.1 Å². The van der Waals surface area contributed by atoms with Crippen LogP contribution in [-0.4, -0.2) is 6.41 Å². The van der Waals surface area contributed by atoms with E-state index in [0.29, 0.717) is 0 Å². The highest BCUT2D eigenvalue weighted by atomic mass is 16.1. The molecule has 0 spiro atoms. The van der Waals surface area contributed by atoms with Crippen molar-refractivity contribution >= 4 is 6.41 Å². The van der Waals surface area contributed by atoms with Gasteiger partial charge in [0.05, 0.1) is 5.54 Å². The van der Waals surface area contributed by atoms with Gasteiger partial charge < -0.3 is 5.32 Å². The van der Waals surface area contributed by atoms with Crippen molar-refractivity contribution in [1.82, 2.24) is 5.32 Å². The fourth-order valence-electron chi connectivity index (χ4n) is 1.62. The zero-order valence-electron chi connectivity index (χ0n) is 9.87. The molecule has 2 nitrogen and oxygen atoms in total. The Labute approximate surface area is 91.7 Å². The van der Waals surface area contributed by atoms with Crippen LogP contribution in [0.5, 0.6) is 0 Å². The van der Waals surface area contributed by atoms with Gasteiger partial charge in [0.1, 0.15) is 0 Å². The van der Waals surface area contributed by atoms with E-state index in [2.05, 4.69) is 33.0 Å². The van der Waals surface area contributed by atoms with Crippen LogP contribution in [0.25, 0.3) is 0 Å². The van der Waals surface area contributed by atoms with Gasteiger partial charge in [-0.05, 0) is 17.9 Å². The molecule has 0 aliphatic carbocycles. The molecule has 15 heavy (non-hydrogen) atoms. The molecule has 1 aromatic rings. The summed E-state index contributed by atoms with van der Waals surface area (Å²) < 4.78 is 0. The number of benzene rings is 1. The summed E-state index contributed by atoms with van der Waals surface area (Å²) >= 11 is 0. The van der Waals surface area contributed by atoms with Crippen LogP contribution in [-0.2, 0) is 10.3 Å². The van der Waals surface area contributed by atoms with Crippen molar-refractivity contribution in [2.24, 2.45) is 5.41 Å². The number of hydrogen-bond donors (Lipinski definition) is 1. The van der Waals surface area contributed by atoms with Crippen LogP contribution in [0.2, 0.25) is 0 Å². The number of amides is 1. The average molecular weight is 205 g/mol. The predicted molar refractivity (Wildman–Crippen MR) is 62.4 cm³/mol. The summed E-state index contributed by atoms with van der Waals surface area (Å²) in [5.74, 6) is 0. The predicted octanol–water partition coefficient (Wildman–Crippen LogP) is 2.69. The van der Waals surface area contributed by atoms with Crippen LogP contribution in [0, 0.1) is 5.41 Å². The lowest BCUT2D eigenvalue weighted by molar-refractivity contribution is -0.112. The second-order valence-electron chi connectivity index (χ2n) is 5.00. The number of hydrogen-bond acceptors (Lipinski definition) is 1. The van der Waals surface area contributed by atoms with Crippen LogP contribution in [0.4, 0.5) is 0 Å². The summed E-state index contributed by atoms with van der Waals surface area (Å²) in [7, 11) is 0. The summed E-state index contributed by atoms with van der Waals surface area (Å²) in [6.07, 6.45) is 0.776. The van der Waals surface area contributed by atoms with E-state index in [0.717, 1.165) is 12.0 Å². The second-order valence-corrected chi connectivity index (χ2v) is 5.00. The fourth-order valence-corrected chi connectivity index (χ4v) is 1.62. The van der Waals surface area contributed by atoms with Crippen LogP contribution >= 0.6 is 0 Å². The minimum atomic E-state index is -0.337. The van der Waals surface area contributed by atoms with E-state index in [-0.39, 0.29) is 11.0 Å². The van der Waals surface area contributed by atoms with Gasteiger partial charge in [-0.3, -0.25) is 4.79 Å². The highest BCUT2D eigenvalue weighted by Crippen LogP contribution is 2.38. The maximum atomic E-state index is 10.7. The van der Waals surface area contributed by atoms with Crippen molar-refractivity contribution in [3.8, 4) is 0 Å². The van der Waals surface area contributed by atoms with E-state index in [9.17, 15) is 4.79 Å². The lowest BCUT2D eigenvalue weighted by atomic mass is 9.71. The largest absolute Gasteiger partial charge is 0.349 e. The molecule has 1 rings (SSSR count). The molecule has 0 bridgehead atoms. The van der Waals surface area contributed by atoms with E-state index >= 15 is 0 Å². The molecular weight excluding hydrogens is 186 g/mol. The van der Waals surface area contributed by atoms with Crippen molar-refractivity contribution in [2.75, 3.05) is 0 Å². The number of rotatable bonds is 3. The zero-order valence-corrected chi connectivity index (χ0v) is 9.87. The van der Waals surface area contributed by atoms with Crippen molar-refractivity contribution in [3.05, 3.63) is 35.9 Å². The van der Waals surface area contributed by atoms with Crippen molar-refractivity contribution < 1.29 is 4.79 Å². The van der Waals surface area contributed by atoms with Gasteiger partial charge >= 0.3 is 0 Å². The van der Waals surface area contributed by atoms with Crippen LogP contribution < -0.4 is 5.32 Å². The summed E-state index contributed by atoms with van der Waals surface area (Å²) in [4.78, 5) is 10.7. The molecule has 0 aliphatic rings. The third kappa shape index (κ3) is 2.20. The highest BCUT2D eigenvalue weighted by Gasteiger charge is 2.38. The average Bonchev–Trinajstić information content (AvgIpc) is 2.18. The van der Waals surface area contributed by atoms with E-state index in [1.165, 1.54) is 0 Å². The molecule has 0 aliphatic heterocycles. The van der Waals surface area contributed by atoms with Crippen molar-refractivity contribution in [3.63, 3.8) is 0 Å². The van der Waals surface area contributed by atoms with Crippen LogP contribution in [0.15, 0.2) is 30.3 Å². The van der Waals surface area contributed by atoms with E-state index in [1.807, 2.05) is 30.3 Å². The van der Waals surface area contributed by atoms with Gasteiger partial charge in [0, 0.05) is 0 Å². The molecule has 0 aromatic heterocycles. The molecule has 2 heteroatoms. The number of carbonyl (C=O) groups excluding carboxylic acids is 1. The van der Waals surface area contributed by atoms with E-state index < -0.39 is 0 Å². The van der Waals surface area contributed by atoms with Gasteiger partial charge in [-0.1, -0.05) is 51.1 Å². The second kappa shape index (κ2) is 4.05. The molecule has 1 aromatic carbocycles. The minimum absolute atomic E-state index is 0.0325. The number of nitrogens with one attached hydrogen (secondary N) is 1. The Morgan fingerprint density at radius 2 is 1.60 bits per heavy atom. The zero-order chi connectivity index (χ0) is 11.5. The Bertz CT molecular complexity index is 326. The maximum absolute atomic E-state index is 10.7. The first-order valence-corrected chi connectivity index (χ1v) is 5.19. The Hall–Kier alpha value is -1.31. The van der Waals surface area contributed by atoms with Crippen molar-refractivity contribution in [1.29, 1.82) is 0 Å². The number of carbonyl (C=O) groups is 1. The molecule has 82 valence electrons. The third-order valence-electron chi connectivity index (χ3n) is 3.20. The third-order valence-corrected chi connectivity index (χ3v) is 3.20. The Balaban J connectivity index is 3.18. The molecule has 0 saturated carbocycles. The molecule has 1 amide bonds. The summed E-state index contributed by atoms with van der Waals surface area (Å²) in [6, 6.07) is 10.1.